The van der Waals surface area contributed by atoms with E-state index >= 15 is 0 Å². The molecule has 0 bridgehead atoms. The van der Waals surface area contributed by atoms with E-state index in [0.29, 0.717) is 34.9 Å². The summed E-state index contributed by atoms with van der Waals surface area (Å²) in [6, 6.07) is 21.5. The van der Waals surface area contributed by atoms with Gasteiger partial charge in [-0.15, -0.1) is 0 Å². The quantitative estimate of drug-likeness (QED) is 0.436. The van der Waals surface area contributed by atoms with Crippen LogP contribution in [-0.4, -0.2) is 23.5 Å². The summed E-state index contributed by atoms with van der Waals surface area (Å²) < 4.78 is 5.63. The predicted molar refractivity (Wildman–Crippen MR) is 131 cm³/mol. The summed E-state index contributed by atoms with van der Waals surface area (Å²) in [5.74, 6) is -0.00438. The van der Waals surface area contributed by atoms with E-state index in [0.717, 1.165) is 12.0 Å². The predicted octanol–water partition coefficient (Wildman–Crippen LogP) is 5.16. The molecular weight excluding hydrogens is 422 g/mol. The van der Waals surface area contributed by atoms with Crippen molar-refractivity contribution in [2.24, 2.45) is 0 Å². The minimum atomic E-state index is -0.351. The molecule has 3 rings (SSSR count). The molecule has 0 radical (unpaired) electrons. The molecule has 3 N–H and O–H groups in total. The van der Waals surface area contributed by atoms with Crippen molar-refractivity contribution >= 4 is 40.5 Å². The largest absolute Gasteiger partial charge is 0.493 e. The summed E-state index contributed by atoms with van der Waals surface area (Å²) in [6.07, 6.45) is 0.845. The maximum absolute atomic E-state index is 12.6. The van der Waals surface area contributed by atoms with Gasteiger partial charge in [0.15, 0.2) is 5.11 Å². The number of carbonyl (C=O) groups excluding carboxylic acids is 2. The zero-order chi connectivity index (χ0) is 22.9. The lowest BCUT2D eigenvalue weighted by molar-refractivity contribution is 0.0972. The topological polar surface area (TPSA) is 79.5 Å². The molecule has 0 saturated heterocycles. The van der Waals surface area contributed by atoms with Crippen LogP contribution in [0.5, 0.6) is 5.75 Å². The van der Waals surface area contributed by atoms with Gasteiger partial charge in [0.25, 0.3) is 11.8 Å². The van der Waals surface area contributed by atoms with Crippen LogP contribution in [0.2, 0.25) is 0 Å². The Bertz CT molecular complexity index is 1110. The third-order valence-corrected chi connectivity index (χ3v) is 4.81. The standard InChI is InChI=1S/C25H25N3O3S/c1-3-16-31-22-11-7-6-10-21(22)24(30)28-25(32)27-19-14-12-18(13-15-19)26-23(29)20-9-5-4-8-17(20)2/h4-15H,3,16H2,1-2H3,(H,26,29)(H2,27,28,30,32). The molecule has 0 atom stereocenters. The van der Waals surface area contributed by atoms with E-state index in [2.05, 4.69) is 16.0 Å². The molecule has 0 heterocycles. The first kappa shape index (κ1) is 23.0. The Morgan fingerprint density at radius 2 is 1.41 bits per heavy atom. The van der Waals surface area contributed by atoms with Crippen LogP contribution in [0.15, 0.2) is 72.8 Å². The second-order valence-electron chi connectivity index (χ2n) is 7.10. The van der Waals surface area contributed by atoms with Crippen LogP contribution in [0.3, 0.4) is 0 Å². The molecule has 32 heavy (non-hydrogen) atoms. The van der Waals surface area contributed by atoms with E-state index < -0.39 is 0 Å². The van der Waals surface area contributed by atoms with Gasteiger partial charge in [-0.05, 0) is 73.6 Å². The van der Waals surface area contributed by atoms with E-state index in [9.17, 15) is 9.59 Å². The first-order valence-corrected chi connectivity index (χ1v) is 10.7. The summed E-state index contributed by atoms with van der Waals surface area (Å²) in [5.41, 5.74) is 3.28. The molecule has 7 heteroatoms. The fourth-order valence-corrected chi connectivity index (χ4v) is 3.20. The molecule has 3 aromatic rings. The van der Waals surface area contributed by atoms with Crippen molar-refractivity contribution in [3.63, 3.8) is 0 Å². The summed E-state index contributed by atoms with van der Waals surface area (Å²) in [5, 5.41) is 8.68. The van der Waals surface area contributed by atoms with Gasteiger partial charge in [0.2, 0.25) is 0 Å². The Hall–Kier alpha value is -3.71. The van der Waals surface area contributed by atoms with Gasteiger partial charge in [0, 0.05) is 16.9 Å². The molecule has 0 aromatic heterocycles. The number of thiocarbonyl (C=S) groups is 1. The van der Waals surface area contributed by atoms with Crippen LogP contribution in [-0.2, 0) is 0 Å². The van der Waals surface area contributed by atoms with Crippen LogP contribution >= 0.6 is 12.2 Å². The Morgan fingerprint density at radius 1 is 0.812 bits per heavy atom. The van der Waals surface area contributed by atoms with E-state index in [1.165, 1.54) is 0 Å². The molecule has 0 aliphatic rings. The van der Waals surface area contributed by atoms with Crippen molar-refractivity contribution in [1.82, 2.24) is 5.32 Å². The van der Waals surface area contributed by atoms with Crippen molar-refractivity contribution in [3.05, 3.63) is 89.5 Å². The molecule has 0 saturated carbocycles. The van der Waals surface area contributed by atoms with Gasteiger partial charge in [0.1, 0.15) is 5.75 Å². The first-order chi connectivity index (χ1) is 15.5. The average Bonchev–Trinajstić information content (AvgIpc) is 2.79. The van der Waals surface area contributed by atoms with Crippen LogP contribution in [0.1, 0.15) is 39.6 Å². The minimum absolute atomic E-state index is 0.164. The third kappa shape index (κ3) is 6.15. The normalized spacial score (nSPS) is 10.2. The number of hydrogen-bond donors (Lipinski definition) is 3. The monoisotopic (exact) mass is 447 g/mol. The highest BCUT2D eigenvalue weighted by Crippen LogP contribution is 2.19. The Labute approximate surface area is 193 Å². The summed E-state index contributed by atoms with van der Waals surface area (Å²) >= 11 is 5.27. The van der Waals surface area contributed by atoms with Crippen LogP contribution in [0.4, 0.5) is 11.4 Å². The number of amides is 2. The first-order valence-electron chi connectivity index (χ1n) is 10.3. The number of rotatable bonds is 7. The Morgan fingerprint density at radius 3 is 2.06 bits per heavy atom. The lowest BCUT2D eigenvalue weighted by atomic mass is 10.1. The maximum atomic E-state index is 12.6. The van der Waals surface area contributed by atoms with E-state index in [4.69, 9.17) is 17.0 Å². The number of carbonyl (C=O) groups is 2. The molecule has 0 aliphatic carbocycles. The van der Waals surface area contributed by atoms with Gasteiger partial charge >= 0.3 is 0 Å². The van der Waals surface area contributed by atoms with Crippen molar-refractivity contribution in [2.45, 2.75) is 20.3 Å². The highest BCUT2D eigenvalue weighted by Gasteiger charge is 2.14. The second kappa shape index (κ2) is 11.1. The van der Waals surface area contributed by atoms with Crippen molar-refractivity contribution in [2.75, 3.05) is 17.2 Å². The molecule has 0 spiro atoms. The van der Waals surface area contributed by atoms with Gasteiger partial charge < -0.3 is 15.4 Å². The number of benzene rings is 3. The zero-order valence-electron chi connectivity index (χ0n) is 18.0. The number of aryl methyl sites for hydroxylation is 1. The molecule has 6 nitrogen and oxygen atoms in total. The number of ether oxygens (including phenoxy) is 1. The highest BCUT2D eigenvalue weighted by atomic mass is 32.1. The van der Waals surface area contributed by atoms with Crippen LogP contribution in [0, 0.1) is 6.92 Å². The fourth-order valence-electron chi connectivity index (χ4n) is 2.99. The Kier molecular flexibility index (Phi) is 7.94. The summed E-state index contributed by atoms with van der Waals surface area (Å²) in [6.45, 7) is 4.42. The van der Waals surface area contributed by atoms with E-state index in [1.807, 2.05) is 38.1 Å². The van der Waals surface area contributed by atoms with Crippen molar-refractivity contribution in [3.8, 4) is 5.75 Å². The average molecular weight is 448 g/mol. The van der Waals surface area contributed by atoms with Crippen LogP contribution < -0.4 is 20.7 Å². The van der Waals surface area contributed by atoms with Gasteiger partial charge in [0.05, 0.1) is 12.2 Å². The fraction of sp³-hybridized carbons (Fsp3) is 0.160. The number of para-hydroxylation sites is 1. The molecule has 0 aliphatic heterocycles. The molecule has 3 aromatic carbocycles. The smallest absolute Gasteiger partial charge is 0.261 e. The second-order valence-corrected chi connectivity index (χ2v) is 7.51. The SMILES string of the molecule is CCCOc1ccccc1C(=O)NC(=S)Nc1ccc(NC(=O)c2ccccc2C)cc1. The summed E-state index contributed by atoms with van der Waals surface area (Å²) in [7, 11) is 0. The lowest BCUT2D eigenvalue weighted by Crippen LogP contribution is -2.34. The zero-order valence-corrected chi connectivity index (χ0v) is 18.8. The molecular formula is C25H25N3O3S. The van der Waals surface area contributed by atoms with Gasteiger partial charge in [-0.1, -0.05) is 37.3 Å². The molecule has 0 unspecified atom stereocenters. The molecule has 2 amide bonds. The van der Waals surface area contributed by atoms with Gasteiger partial charge in [-0.25, -0.2) is 0 Å². The van der Waals surface area contributed by atoms with E-state index in [-0.39, 0.29) is 16.9 Å². The van der Waals surface area contributed by atoms with E-state index in [1.54, 1.807) is 48.5 Å². The lowest BCUT2D eigenvalue weighted by Gasteiger charge is -2.13. The summed E-state index contributed by atoms with van der Waals surface area (Å²) in [4.78, 5) is 25.0. The number of nitrogens with one attached hydrogen (secondary N) is 3. The molecule has 164 valence electrons. The third-order valence-electron chi connectivity index (χ3n) is 4.61. The minimum Gasteiger partial charge on any atom is -0.493 e. The van der Waals surface area contributed by atoms with Gasteiger partial charge in [-0.3, -0.25) is 14.9 Å². The number of hydrogen-bond acceptors (Lipinski definition) is 4. The number of anilines is 2. The Balaban J connectivity index is 1.57. The molecule has 0 fully saturated rings. The van der Waals surface area contributed by atoms with Crippen molar-refractivity contribution in [1.29, 1.82) is 0 Å². The van der Waals surface area contributed by atoms with Gasteiger partial charge in [-0.2, -0.15) is 0 Å². The maximum Gasteiger partial charge on any atom is 0.261 e. The van der Waals surface area contributed by atoms with Crippen molar-refractivity contribution < 1.29 is 14.3 Å². The van der Waals surface area contributed by atoms with Crippen LogP contribution in [0.25, 0.3) is 0 Å². The highest BCUT2D eigenvalue weighted by molar-refractivity contribution is 7.80.